The Balaban J connectivity index is 0.000000686. The Morgan fingerprint density at radius 2 is 1.82 bits per heavy atom. The van der Waals surface area contributed by atoms with Crippen molar-refractivity contribution in [2.75, 3.05) is 0 Å². The van der Waals surface area contributed by atoms with Crippen molar-refractivity contribution in [2.24, 2.45) is 0 Å². The van der Waals surface area contributed by atoms with E-state index < -0.39 is 0 Å². The van der Waals surface area contributed by atoms with Crippen LogP contribution in [0.4, 0.5) is 0 Å². The zero-order valence-corrected chi connectivity index (χ0v) is 10.1. The van der Waals surface area contributed by atoms with Gasteiger partial charge in [-0.15, -0.1) is 0 Å². The van der Waals surface area contributed by atoms with Crippen LogP contribution in [0.15, 0.2) is 48.8 Å². The number of aromatic hydroxyl groups is 1. The van der Waals surface area contributed by atoms with E-state index in [0.717, 1.165) is 5.56 Å². The summed E-state index contributed by atoms with van der Waals surface area (Å²) in [6.07, 6.45) is 2.94. The molecule has 1 aromatic heterocycles. The molecule has 3 nitrogen and oxygen atoms in total. The van der Waals surface area contributed by atoms with E-state index in [-0.39, 0.29) is 5.75 Å². The zero-order chi connectivity index (χ0) is 12.5. The van der Waals surface area contributed by atoms with Gasteiger partial charge in [0.05, 0.1) is 12.4 Å². The molecule has 0 amide bonds. The maximum atomic E-state index is 9.17. The molecule has 0 fully saturated rings. The molecule has 2 rings (SSSR count). The molecule has 17 heavy (non-hydrogen) atoms. The van der Waals surface area contributed by atoms with Gasteiger partial charge in [-0.05, 0) is 5.56 Å². The molecule has 0 aliphatic carbocycles. The summed E-state index contributed by atoms with van der Waals surface area (Å²) >= 11 is 0. The van der Waals surface area contributed by atoms with E-state index in [2.05, 4.69) is 4.98 Å². The van der Waals surface area contributed by atoms with E-state index in [0.29, 0.717) is 12.4 Å². The smallest absolute Gasteiger partial charge is 0.141 e. The average molecular weight is 231 g/mol. The molecule has 0 unspecified atom stereocenters. The van der Waals surface area contributed by atoms with E-state index >= 15 is 0 Å². The predicted molar refractivity (Wildman–Crippen MR) is 68.0 cm³/mol. The first-order valence-electron chi connectivity index (χ1n) is 5.65. The van der Waals surface area contributed by atoms with Crippen LogP contribution in [0.1, 0.15) is 19.4 Å². The molecule has 1 aromatic carbocycles. The van der Waals surface area contributed by atoms with Crippen LogP contribution < -0.4 is 4.74 Å². The molecule has 0 saturated carbocycles. The molecule has 1 heterocycles. The van der Waals surface area contributed by atoms with Crippen LogP contribution in [0, 0.1) is 0 Å². The van der Waals surface area contributed by atoms with Gasteiger partial charge in [-0.2, -0.15) is 0 Å². The minimum Gasteiger partial charge on any atom is -0.506 e. The van der Waals surface area contributed by atoms with Gasteiger partial charge in [0.1, 0.15) is 18.1 Å². The number of hydrogen-bond donors (Lipinski definition) is 1. The van der Waals surface area contributed by atoms with Crippen LogP contribution in [-0.2, 0) is 6.61 Å². The van der Waals surface area contributed by atoms with Gasteiger partial charge in [0.15, 0.2) is 0 Å². The normalized spacial score (nSPS) is 9.06. The average Bonchev–Trinajstić information content (AvgIpc) is 2.40. The van der Waals surface area contributed by atoms with Gasteiger partial charge >= 0.3 is 0 Å². The van der Waals surface area contributed by atoms with E-state index in [1.54, 1.807) is 6.20 Å². The second-order valence-corrected chi connectivity index (χ2v) is 3.15. The second-order valence-electron chi connectivity index (χ2n) is 3.15. The highest BCUT2D eigenvalue weighted by atomic mass is 16.5. The van der Waals surface area contributed by atoms with Gasteiger partial charge in [0, 0.05) is 6.07 Å². The van der Waals surface area contributed by atoms with Gasteiger partial charge in [-0.25, -0.2) is 0 Å². The minimum atomic E-state index is 0.112. The van der Waals surface area contributed by atoms with E-state index in [4.69, 9.17) is 9.84 Å². The molecule has 3 heteroatoms. The first-order chi connectivity index (χ1) is 8.34. The molecule has 0 spiro atoms. The third-order valence-electron chi connectivity index (χ3n) is 1.95. The lowest BCUT2D eigenvalue weighted by Gasteiger charge is -2.05. The number of aromatic nitrogens is 1. The number of pyridine rings is 1. The molecule has 0 bridgehead atoms. The fourth-order valence-corrected chi connectivity index (χ4v) is 1.23. The van der Waals surface area contributed by atoms with Crippen molar-refractivity contribution in [1.82, 2.24) is 4.98 Å². The van der Waals surface area contributed by atoms with Crippen LogP contribution in [0.2, 0.25) is 0 Å². The van der Waals surface area contributed by atoms with Crippen molar-refractivity contribution in [3.8, 4) is 11.5 Å². The lowest BCUT2D eigenvalue weighted by Crippen LogP contribution is -1.94. The molecule has 2 aromatic rings. The topological polar surface area (TPSA) is 42.4 Å². The van der Waals surface area contributed by atoms with Crippen molar-refractivity contribution >= 4 is 0 Å². The summed E-state index contributed by atoms with van der Waals surface area (Å²) in [7, 11) is 0. The molecule has 0 saturated heterocycles. The molecule has 0 aliphatic heterocycles. The Bertz CT molecular complexity index is 429. The lowest BCUT2D eigenvalue weighted by molar-refractivity contribution is 0.303. The van der Waals surface area contributed by atoms with Crippen LogP contribution in [0.25, 0.3) is 0 Å². The number of hydrogen-bond acceptors (Lipinski definition) is 3. The maximum Gasteiger partial charge on any atom is 0.141 e. The van der Waals surface area contributed by atoms with Gasteiger partial charge in [0.2, 0.25) is 0 Å². The van der Waals surface area contributed by atoms with Gasteiger partial charge < -0.3 is 9.84 Å². The van der Waals surface area contributed by atoms with Gasteiger partial charge in [-0.1, -0.05) is 44.2 Å². The van der Waals surface area contributed by atoms with Crippen LogP contribution >= 0.6 is 0 Å². The summed E-state index contributed by atoms with van der Waals surface area (Å²) in [6, 6.07) is 11.4. The quantitative estimate of drug-likeness (QED) is 0.880. The standard InChI is InChI=1S/C12H11NO2.C2H6/c14-11-6-12(8-13-7-11)15-9-10-4-2-1-3-5-10;1-2/h1-8,14H,9H2;1-2H3. The number of nitrogens with zero attached hydrogens (tertiary/aromatic N) is 1. The first-order valence-corrected chi connectivity index (χ1v) is 5.65. The van der Waals surface area contributed by atoms with Crippen molar-refractivity contribution < 1.29 is 9.84 Å². The Labute approximate surface area is 102 Å². The zero-order valence-electron chi connectivity index (χ0n) is 10.1. The van der Waals surface area contributed by atoms with Crippen molar-refractivity contribution in [3.05, 3.63) is 54.4 Å². The van der Waals surface area contributed by atoms with E-state index in [1.165, 1.54) is 12.3 Å². The highest BCUT2D eigenvalue weighted by Crippen LogP contribution is 2.16. The number of benzene rings is 1. The van der Waals surface area contributed by atoms with Gasteiger partial charge in [-0.3, -0.25) is 4.98 Å². The van der Waals surface area contributed by atoms with E-state index in [9.17, 15) is 0 Å². The molecule has 90 valence electrons. The second kappa shape index (κ2) is 7.28. The Kier molecular flexibility index (Phi) is 5.58. The fraction of sp³-hybridized carbons (Fsp3) is 0.214. The van der Waals surface area contributed by atoms with E-state index in [1.807, 2.05) is 44.2 Å². The summed E-state index contributed by atoms with van der Waals surface area (Å²) in [4.78, 5) is 3.82. The number of ether oxygens (including phenoxy) is 1. The minimum absolute atomic E-state index is 0.112. The molecular weight excluding hydrogens is 214 g/mol. The number of rotatable bonds is 3. The van der Waals surface area contributed by atoms with Gasteiger partial charge in [0.25, 0.3) is 0 Å². The third kappa shape index (κ3) is 4.55. The highest BCUT2D eigenvalue weighted by molar-refractivity contribution is 5.27. The molecule has 0 radical (unpaired) electrons. The fourth-order valence-electron chi connectivity index (χ4n) is 1.23. The lowest BCUT2D eigenvalue weighted by atomic mass is 10.2. The maximum absolute atomic E-state index is 9.17. The van der Waals surface area contributed by atoms with Crippen LogP contribution in [0.5, 0.6) is 11.5 Å². The SMILES string of the molecule is CC.Oc1cncc(OCc2ccccc2)c1. The summed E-state index contributed by atoms with van der Waals surface area (Å²) in [5.74, 6) is 0.680. The Morgan fingerprint density at radius 1 is 1.12 bits per heavy atom. The summed E-state index contributed by atoms with van der Waals surface area (Å²) in [6.45, 7) is 4.48. The summed E-state index contributed by atoms with van der Waals surface area (Å²) in [5.41, 5.74) is 1.08. The van der Waals surface area contributed by atoms with Crippen molar-refractivity contribution in [1.29, 1.82) is 0 Å². The van der Waals surface area contributed by atoms with Crippen LogP contribution in [-0.4, -0.2) is 10.1 Å². The Hall–Kier alpha value is -2.03. The predicted octanol–water partition coefficient (Wildman–Crippen LogP) is 3.39. The largest absolute Gasteiger partial charge is 0.506 e. The molecule has 1 N–H and O–H groups in total. The summed E-state index contributed by atoms with van der Waals surface area (Å²) in [5, 5.41) is 9.17. The Morgan fingerprint density at radius 3 is 2.47 bits per heavy atom. The van der Waals surface area contributed by atoms with Crippen molar-refractivity contribution in [2.45, 2.75) is 20.5 Å². The first kappa shape index (κ1) is 13.0. The van der Waals surface area contributed by atoms with Crippen LogP contribution in [0.3, 0.4) is 0 Å². The highest BCUT2D eigenvalue weighted by Gasteiger charge is 1.96. The summed E-state index contributed by atoms with van der Waals surface area (Å²) < 4.78 is 5.45. The molecular formula is C14H17NO2. The molecule has 0 aliphatic rings. The van der Waals surface area contributed by atoms with Crippen molar-refractivity contribution in [3.63, 3.8) is 0 Å². The third-order valence-corrected chi connectivity index (χ3v) is 1.95. The monoisotopic (exact) mass is 231 g/mol. The molecule has 0 atom stereocenters.